The molecule has 212 valence electrons. The van der Waals surface area contributed by atoms with E-state index in [4.69, 9.17) is 35.2 Å². The third kappa shape index (κ3) is 4.42. The summed E-state index contributed by atoms with van der Waals surface area (Å²) >= 11 is 6.04. The molecule has 10 heteroatoms. The lowest BCUT2D eigenvalue weighted by Crippen LogP contribution is -2.38. The van der Waals surface area contributed by atoms with Gasteiger partial charge in [0, 0.05) is 46.6 Å². The number of carbonyl (C=O) groups is 1. The summed E-state index contributed by atoms with van der Waals surface area (Å²) in [5.74, 6) is 0.149. The summed E-state index contributed by atoms with van der Waals surface area (Å²) in [5.41, 5.74) is 2.65. The fourth-order valence-electron chi connectivity index (χ4n) is 5.80. The van der Waals surface area contributed by atoms with Crippen molar-refractivity contribution in [2.45, 2.75) is 12.3 Å². The highest BCUT2D eigenvalue weighted by molar-refractivity contribution is 6.30. The van der Waals surface area contributed by atoms with E-state index in [1.807, 2.05) is 24.3 Å². The van der Waals surface area contributed by atoms with Crippen molar-refractivity contribution in [3.8, 4) is 28.4 Å². The Morgan fingerprint density at radius 3 is 2.60 bits per heavy atom. The lowest BCUT2D eigenvalue weighted by molar-refractivity contribution is -0.135. The number of aromatic hydroxyl groups is 1. The number of halogens is 1. The molecule has 3 aromatic carbocycles. The van der Waals surface area contributed by atoms with E-state index in [9.17, 15) is 14.7 Å². The number of morpholine rings is 1. The second kappa shape index (κ2) is 10.3. The van der Waals surface area contributed by atoms with Gasteiger partial charge >= 0.3 is 5.97 Å². The lowest BCUT2D eigenvalue weighted by Gasteiger charge is -2.33. The maximum Gasteiger partial charge on any atom is 0.312 e. The molecule has 1 atom stereocenters. The predicted molar refractivity (Wildman–Crippen MR) is 158 cm³/mol. The molecule has 7 rings (SSSR count). The number of ether oxygens (including phenoxy) is 3. The van der Waals surface area contributed by atoms with Crippen LogP contribution in [0.2, 0.25) is 5.02 Å². The molecule has 0 saturated carbocycles. The summed E-state index contributed by atoms with van der Waals surface area (Å²) in [5, 5.41) is 12.4. The van der Waals surface area contributed by atoms with Gasteiger partial charge in [-0.2, -0.15) is 0 Å². The molecule has 1 N–H and O–H groups in total. The number of fused-ring (bicyclic) bond motifs is 4. The Hall–Kier alpha value is -4.60. The topological polar surface area (TPSA) is 111 Å². The first kappa shape index (κ1) is 26.3. The number of benzene rings is 3. The molecule has 2 aromatic heterocycles. The maximum absolute atomic E-state index is 13.8. The van der Waals surface area contributed by atoms with E-state index in [1.54, 1.807) is 31.4 Å². The monoisotopic (exact) mass is 584 g/mol. The minimum absolute atomic E-state index is 0.00693. The van der Waals surface area contributed by atoms with Crippen LogP contribution in [0.25, 0.3) is 33.0 Å². The smallest absolute Gasteiger partial charge is 0.312 e. The number of hydrogen-bond acceptors (Lipinski definition) is 9. The van der Waals surface area contributed by atoms with Crippen LogP contribution in [0.5, 0.6) is 17.2 Å². The summed E-state index contributed by atoms with van der Waals surface area (Å²) in [4.78, 5) is 33.9. The third-order valence-corrected chi connectivity index (χ3v) is 8.09. The van der Waals surface area contributed by atoms with Crippen molar-refractivity contribution >= 4 is 45.3 Å². The second-order valence-electron chi connectivity index (χ2n) is 10.3. The molecule has 0 spiro atoms. The highest BCUT2D eigenvalue weighted by Gasteiger charge is 2.36. The van der Waals surface area contributed by atoms with Gasteiger partial charge in [-0.05, 0) is 42.0 Å². The zero-order valence-electron chi connectivity index (χ0n) is 22.6. The van der Waals surface area contributed by atoms with Crippen LogP contribution in [0.3, 0.4) is 0 Å². The van der Waals surface area contributed by atoms with Crippen molar-refractivity contribution in [1.29, 1.82) is 0 Å². The third-order valence-electron chi connectivity index (χ3n) is 7.84. The van der Waals surface area contributed by atoms with Crippen LogP contribution in [-0.2, 0) is 9.53 Å². The number of aromatic nitrogens is 1. The van der Waals surface area contributed by atoms with E-state index in [2.05, 4.69) is 4.90 Å². The first-order valence-electron chi connectivity index (χ1n) is 13.5. The Morgan fingerprint density at radius 1 is 1.05 bits per heavy atom. The number of anilines is 1. The number of phenolic OH excluding ortho intramolecular Hbond substituents is 1. The molecular weight excluding hydrogens is 560 g/mol. The summed E-state index contributed by atoms with van der Waals surface area (Å²) in [6, 6.07) is 15.7. The number of rotatable bonds is 4. The van der Waals surface area contributed by atoms with Crippen LogP contribution < -0.4 is 19.8 Å². The molecule has 0 aliphatic carbocycles. The van der Waals surface area contributed by atoms with Crippen molar-refractivity contribution in [3.63, 3.8) is 0 Å². The molecule has 1 saturated heterocycles. The average molecular weight is 585 g/mol. The van der Waals surface area contributed by atoms with Crippen molar-refractivity contribution in [3.05, 3.63) is 87.2 Å². The van der Waals surface area contributed by atoms with Gasteiger partial charge in [0.05, 0.1) is 37.8 Å². The van der Waals surface area contributed by atoms with Crippen molar-refractivity contribution in [1.82, 2.24) is 4.98 Å². The molecule has 9 nitrogen and oxygen atoms in total. The largest absolute Gasteiger partial charge is 0.507 e. The van der Waals surface area contributed by atoms with Gasteiger partial charge in [-0.15, -0.1) is 0 Å². The lowest BCUT2D eigenvalue weighted by atomic mass is 9.84. The second-order valence-corrected chi connectivity index (χ2v) is 10.7. The molecule has 0 bridgehead atoms. The van der Waals surface area contributed by atoms with Crippen LogP contribution >= 0.6 is 11.6 Å². The average Bonchev–Trinajstić information content (AvgIpc) is 3.00. The summed E-state index contributed by atoms with van der Waals surface area (Å²) in [6.07, 6.45) is 1.36. The zero-order valence-corrected chi connectivity index (χ0v) is 23.3. The highest BCUT2D eigenvalue weighted by atomic mass is 35.5. The summed E-state index contributed by atoms with van der Waals surface area (Å²) < 4.78 is 22.8. The normalized spacial score (nSPS) is 16.9. The molecule has 42 heavy (non-hydrogen) atoms. The Bertz CT molecular complexity index is 1930. The quantitative estimate of drug-likeness (QED) is 0.211. The number of phenols is 1. The van der Waals surface area contributed by atoms with Crippen LogP contribution in [0, 0.1) is 0 Å². The van der Waals surface area contributed by atoms with Crippen molar-refractivity contribution < 1.29 is 28.5 Å². The van der Waals surface area contributed by atoms with Crippen LogP contribution in [-0.4, -0.2) is 49.5 Å². The number of nitrogens with zero attached hydrogens (tertiary/aromatic N) is 2. The first-order chi connectivity index (χ1) is 20.4. The van der Waals surface area contributed by atoms with E-state index in [0.717, 1.165) is 16.5 Å². The number of carbonyl (C=O) groups excluding carboxylic acids is 1. The summed E-state index contributed by atoms with van der Waals surface area (Å²) in [6.45, 7) is 2.34. The van der Waals surface area contributed by atoms with Gasteiger partial charge < -0.3 is 28.6 Å². The molecule has 1 fully saturated rings. The molecule has 2 aliphatic rings. The Labute approximate surface area is 244 Å². The van der Waals surface area contributed by atoms with E-state index in [1.165, 1.54) is 12.3 Å². The predicted octanol–water partition coefficient (Wildman–Crippen LogP) is 5.65. The standard InChI is InChI=1S/C32H25ClN2O7/c1-39-20-6-7-24-18(12-20)13-22(32(34-24)35-8-10-40-11-9-35)21-14-27(37)42-26-15-25(36)29-30(38)23(16-41-31(29)28(21)26)17-2-4-19(33)5-3-17/h2-7,12-13,15-16,21,36H,8-11,14H2,1H3. The van der Waals surface area contributed by atoms with Gasteiger partial charge in [0.2, 0.25) is 5.43 Å². The Kier molecular flexibility index (Phi) is 6.48. The minimum Gasteiger partial charge on any atom is -0.507 e. The van der Waals surface area contributed by atoms with Gasteiger partial charge in [-0.25, -0.2) is 4.98 Å². The van der Waals surface area contributed by atoms with Gasteiger partial charge in [0.15, 0.2) is 0 Å². The van der Waals surface area contributed by atoms with Crippen molar-refractivity contribution in [2.75, 3.05) is 38.3 Å². The van der Waals surface area contributed by atoms with Gasteiger partial charge in [-0.3, -0.25) is 9.59 Å². The van der Waals surface area contributed by atoms with Crippen molar-refractivity contribution in [2.24, 2.45) is 0 Å². The Morgan fingerprint density at radius 2 is 1.83 bits per heavy atom. The van der Waals surface area contributed by atoms with Gasteiger partial charge in [0.25, 0.3) is 0 Å². The molecule has 0 radical (unpaired) electrons. The number of esters is 1. The number of methoxy groups -OCH3 is 1. The number of pyridine rings is 1. The number of hydrogen-bond donors (Lipinski definition) is 1. The van der Waals surface area contributed by atoms with Crippen LogP contribution in [0.1, 0.15) is 23.5 Å². The van der Waals surface area contributed by atoms with E-state index in [-0.39, 0.29) is 34.5 Å². The maximum atomic E-state index is 13.8. The summed E-state index contributed by atoms with van der Waals surface area (Å²) in [7, 11) is 1.60. The van der Waals surface area contributed by atoms with Crippen LogP contribution in [0.15, 0.2) is 70.1 Å². The van der Waals surface area contributed by atoms with Crippen LogP contribution in [0.4, 0.5) is 5.82 Å². The van der Waals surface area contributed by atoms with E-state index >= 15 is 0 Å². The molecular formula is C32H25ClN2O7. The van der Waals surface area contributed by atoms with E-state index in [0.29, 0.717) is 54.0 Å². The Balaban J connectivity index is 1.48. The van der Waals surface area contributed by atoms with Gasteiger partial charge in [0.1, 0.15) is 40.3 Å². The zero-order chi connectivity index (χ0) is 29.0. The fourth-order valence-corrected chi connectivity index (χ4v) is 5.92. The molecule has 0 amide bonds. The molecule has 5 aromatic rings. The SMILES string of the molecule is COc1ccc2nc(N3CCOCC3)c(C3CC(=O)Oc4cc(O)c5c(=O)c(-c6ccc(Cl)cc6)coc5c43)cc2c1. The molecule has 4 heterocycles. The minimum atomic E-state index is -0.574. The van der Waals surface area contributed by atoms with Gasteiger partial charge in [-0.1, -0.05) is 23.7 Å². The highest BCUT2D eigenvalue weighted by Crippen LogP contribution is 2.48. The molecule has 1 unspecified atom stereocenters. The fraction of sp³-hybridized carbons (Fsp3) is 0.219. The van der Waals surface area contributed by atoms with E-state index < -0.39 is 17.3 Å². The first-order valence-corrected chi connectivity index (χ1v) is 13.9. The molecule has 2 aliphatic heterocycles.